The zero-order chi connectivity index (χ0) is 14.6. The Labute approximate surface area is 131 Å². The van der Waals surface area contributed by atoms with E-state index in [1.807, 2.05) is 36.4 Å². The lowest BCUT2D eigenvalue weighted by molar-refractivity contribution is 0.117. The Hall–Kier alpha value is -0.940. The fourth-order valence-corrected chi connectivity index (χ4v) is 1.97. The van der Waals surface area contributed by atoms with Gasteiger partial charge >= 0.3 is 0 Å². The van der Waals surface area contributed by atoms with E-state index < -0.39 is 0 Å². The molecule has 0 spiro atoms. The van der Waals surface area contributed by atoms with Crippen molar-refractivity contribution in [1.29, 1.82) is 0 Å². The molecular weight excluding hydrogens is 291 g/mol. The highest BCUT2D eigenvalue weighted by molar-refractivity contribution is 6.31. The van der Waals surface area contributed by atoms with Gasteiger partial charge in [0, 0.05) is 22.9 Å². The van der Waals surface area contributed by atoms with Crippen molar-refractivity contribution in [3.05, 3.63) is 47.0 Å². The molecule has 108 valence electrons. The summed E-state index contributed by atoms with van der Waals surface area (Å²) < 4.78 is 5.79. The first-order valence-electron chi connectivity index (χ1n) is 6.85. The maximum Gasteiger partial charge on any atom is 0.145 e. The molecule has 1 nitrogen and oxygen atoms in total. The summed E-state index contributed by atoms with van der Waals surface area (Å²) in [5, 5.41) is 0.684. The van der Waals surface area contributed by atoms with E-state index in [0.717, 1.165) is 24.8 Å². The van der Waals surface area contributed by atoms with Crippen LogP contribution < -0.4 is 0 Å². The molecule has 1 unspecified atom stereocenters. The maximum absolute atomic E-state index is 6.21. The van der Waals surface area contributed by atoms with Crippen LogP contribution in [0.15, 0.2) is 36.4 Å². The summed E-state index contributed by atoms with van der Waals surface area (Å²) in [5.41, 5.74) is 0.914. The highest BCUT2D eigenvalue weighted by atomic mass is 35.5. The SMILES string of the molecule is CCCCC#CC(OC/C=C\CCl)c1ccccc1Cl. The number of rotatable bonds is 7. The summed E-state index contributed by atoms with van der Waals surface area (Å²) >= 11 is 11.8. The van der Waals surface area contributed by atoms with Crippen molar-refractivity contribution < 1.29 is 4.74 Å². The zero-order valence-electron chi connectivity index (χ0n) is 11.7. The minimum Gasteiger partial charge on any atom is -0.357 e. The number of benzene rings is 1. The Morgan fingerprint density at radius 1 is 1.30 bits per heavy atom. The van der Waals surface area contributed by atoms with Gasteiger partial charge in [0.25, 0.3) is 0 Å². The van der Waals surface area contributed by atoms with Crippen molar-refractivity contribution >= 4 is 23.2 Å². The number of unbranched alkanes of at least 4 members (excludes halogenated alkanes) is 2. The Balaban J connectivity index is 2.75. The molecule has 0 aliphatic carbocycles. The summed E-state index contributed by atoms with van der Waals surface area (Å²) in [5.74, 6) is 6.82. The van der Waals surface area contributed by atoms with Gasteiger partial charge in [-0.15, -0.1) is 17.5 Å². The number of alkyl halides is 1. The average Bonchev–Trinajstić information content (AvgIpc) is 2.46. The predicted molar refractivity (Wildman–Crippen MR) is 87.3 cm³/mol. The molecule has 0 fully saturated rings. The fourth-order valence-electron chi connectivity index (χ4n) is 1.61. The number of hydrogen-bond donors (Lipinski definition) is 0. The molecule has 3 heteroatoms. The van der Waals surface area contributed by atoms with E-state index in [1.54, 1.807) is 0 Å². The van der Waals surface area contributed by atoms with E-state index in [4.69, 9.17) is 27.9 Å². The summed E-state index contributed by atoms with van der Waals surface area (Å²) in [6, 6.07) is 7.66. The number of hydrogen-bond acceptors (Lipinski definition) is 1. The van der Waals surface area contributed by atoms with Crippen LogP contribution in [0.2, 0.25) is 5.02 Å². The van der Waals surface area contributed by atoms with Gasteiger partial charge in [-0.3, -0.25) is 0 Å². The van der Waals surface area contributed by atoms with Gasteiger partial charge in [0.15, 0.2) is 0 Å². The minimum atomic E-state index is -0.291. The number of ether oxygens (including phenoxy) is 1. The van der Waals surface area contributed by atoms with E-state index >= 15 is 0 Å². The van der Waals surface area contributed by atoms with Gasteiger partial charge in [0.1, 0.15) is 6.10 Å². The molecule has 1 aromatic carbocycles. The van der Waals surface area contributed by atoms with Gasteiger partial charge in [-0.25, -0.2) is 0 Å². The minimum absolute atomic E-state index is 0.291. The Morgan fingerprint density at radius 2 is 2.10 bits per heavy atom. The Bertz CT molecular complexity index is 471. The van der Waals surface area contributed by atoms with Crippen LogP contribution in [-0.2, 0) is 4.74 Å². The van der Waals surface area contributed by atoms with Gasteiger partial charge in [0.05, 0.1) is 6.61 Å². The third-order valence-electron chi connectivity index (χ3n) is 2.69. The molecule has 0 amide bonds. The van der Waals surface area contributed by atoms with Crippen molar-refractivity contribution in [2.24, 2.45) is 0 Å². The summed E-state index contributed by atoms with van der Waals surface area (Å²) in [6.45, 7) is 2.63. The Morgan fingerprint density at radius 3 is 2.80 bits per heavy atom. The molecule has 0 saturated carbocycles. The van der Waals surface area contributed by atoms with Gasteiger partial charge in [-0.05, 0) is 12.5 Å². The molecule has 0 bridgehead atoms. The van der Waals surface area contributed by atoms with Crippen LogP contribution in [0.1, 0.15) is 37.9 Å². The number of halogens is 2. The van der Waals surface area contributed by atoms with Crippen LogP contribution in [0.25, 0.3) is 0 Å². The molecule has 0 saturated heterocycles. The molecule has 0 aliphatic heterocycles. The topological polar surface area (TPSA) is 9.23 Å². The van der Waals surface area contributed by atoms with Crippen LogP contribution in [-0.4, -0.2) is 12.5 Å². The van der Waals surface area contributed by atoms with Gasteiger partial charge < -0.3 is 4.74 Å². The van der Waals surface area contributed by atoms with Crippen LogP contribution >= 0.6 is 23.2 Å². The second-order valence-electron chi connectivity index (χ2n) is 4.29. The monoisotopic (exact) mass is 310 g/mol. The van der Waals surface area contributed by atoms with Crippen molar-refractivity contribution in [2.45, 2.75) is 32.3 Å². The zero-order valence-corrected chi connectivity index (χ0v) is 13.3. The molecule has 0 aliphatic rings. The standard InChI is InChI=1S/C17H20Cl2O/c1-2-3-4-5-12-17(20-14-9-8-13-18)15-10-6-7-11-16(15)19/h6-11,17H,2-4,13-14H2,1H3/b9-8-. The molecule has 0 N–H and O–H groups in total. The van der Waals surface area contributed by atoms with Crippen molar-refractivity contribution in [2.75, 3.05) is 12.5 Å². The van der Waals surface area contributed by atoms with Crippen LogP contribution in [0.5, 0.6) is 0 Å². The smallest absolute Gasteiger partial charge is 0.145 e. The highest BCUT2D eigenvalue weighted by Crippen LogP contribution is 2.25. The predicted octanol–water partition coefficient (Wildman–Crippen LogP) is 5.39. The van der Waals surface area contributed by atoms with E-state index in [1.165, 1.54) is 0 Å². The van der Waals surface area contributed by atoms with Gasteiger partial charge in [0.2, 0.25) is 0 Å². The van der Waals surface area contributed by atoms with Crippen molar-refractivity contribution in [3.63, 3.8) is 0 Å². The van der Waals surface area contributed by atoms with Crippen LogP contribution in [0, 0.1) is 11.8 Å². The largest absolute Gasteiger partial charge is 0.357 e. The number of allylic oxidation sites excluding steroid dienone is 1. The summed E-state index contributed by atoms with van der Waals surface area (Å²) in [6.07, 6.45) is 6.60. The summed E-state index contributed by atoms with van der Waals surface area (Å²) in [7, 11) is 0. The maximum atomic E-state index is 6.21. The fraction of sp³-hybridized carbons (Fsp3) is 0.412. The lowest BCUT2D eigenvalue weighted by Gasteiger charge is -2.13. The molecule has 0 aromatic heterocycles. The molecular formula is C17H20Cl2O. The summed E-state index contributed by atoms with van der Waals surface area (Å²) in [4.78, 5) is 0. The van der Waals surface area contributed by atoms with E-state index in [9.17, 15) is 0 Å². The lowest BCUT2D eigenvalue weighted by atomic mass is 10.1. The third-order valence-corrected chi connectivity index (χ3v) is 3.21. The highest BCUT2D eigenvalue weighted by Gasteiger charge is 2.11. The molecule has 20 heavy (non-hydrogen) atoms. The molecule has 0 heterocycles. The van der Waals surface area contributed by atoms with E-state index in [2.05, 4.69) is 18.8 Å². The van der Waals surface area contributed by atoms with E-state index in [-0.39, 0.29) is 6.10 Å². The lowest BCUT2D eigenvalue weighted by Crippen LogP contribution is -2.03. The van der Waals surface area contributed by atoms with Crippen molar-refractivity contribution in [1.82, 2.24) is 0 Å². The second kappa shape index (κ2) is 10.8. The molecule has 0 radical (unpaired) electrons. The van der Waals surface area contributed by atoms with Gasteiger partial charge in [-0.1, -0.05) is 61.2 Å². The quantitative estimate of drug-likeness (QED) is 0.284. The Kier molecular flexibility index (Phi) is 9.24. The van der Waals surface area contributed by atoms with Crippen LogP contribution in [0.3, 0.4) is 0 Å². The first-order chi connectivity index (χ1) is 9.79. The molecule has 1 atom stereocenters. The second-order valence-corrected chi connectivity index (χ2v) is 5.00. The first kappa shape index (κ1) is 17.1. The average molecular weight is 311 g/mol. The van der Waals surface area contributed by atoms with Crippen LogP contribution in [0.4, 0.5) is 0 Å². The van der Waals surface area contributed by atoms with E-state index in [0.29, 0.717) is 17.5 Å². The molecule has 1 aromatic rings. The first-order valence-corrected chi connectivity index (χ1v) is 7.76. The normalized spacial score (nSPS) is 12.2. The third kappa shape index (κ3) is 6.48. The van der Waals surface area contributed by atoms with Crippen molar-refractivity contribution in [3.8, 4) is 11.8 Å². The van der Waals surface area contributed by atoms with Gasteiger partial charge in [-0.2, -0.15) is 0 Å². The molecule has 1 rings (SSSR count).